The van der Waals surface area contributed by atoms with Crippen molar-refractivity contribution in [1.29, 1.82) is 0 Å². The van der Waals surface area contributed by atoms with Gasteiger partial charge in [0.15, 0.2) is 0 Å². The minimum absolute atomic E-state index is 0.323. The first kappa shape index (κ1) is 22.2. The first-order chi connectivity index (χ1) is 11.7. The van der Waals surface area contributed by atoms with E-state index in [1.54, 1.807) is 0 Å². The fourth-order valence-electron chi connectivity index (χ4n) is 4.96. The molecule has 2 nitrogen and oxygen atoms in total. The molecule has 0 bridgehead atoms. The molecule has 1 fully saturated rings. The van der Waals surface area contributed by atoms with Gasteiger partial charge in [0.05, 0.1) is 7.05 Å². The van der Waals surface area contributed by atoms with Crippen LogP contribution in [0.4, 0.5) is 0 Å². The highest BCUT2D eigenvalue weighted by Crippen LogP contribution is 2.56. The van der Waals surface area contributed by atoms with Crippen molar-refractivity contribution in [3.63, 3.8) is 0 Å². The van der Waals surface area contributed by atoms with E-state index in [4.69, 9.17) is 5.84 Å². The van der Waals surface area contributed by atoms with Crippen LogP contribution >= 0.6 is 0 Å². The minimum Gasteiger partial charge on any atom is -0.245 e. The van der Waals surface area contributed by atoms with Crippen LogP contribution in [-0.2, 0) is 0 Å². The van der Waals surface area contributed by atoms with Crippen LogP contribution < -0.4 is 5.84 Å². The average molecular weight is 348 g/mol. The Bertz CT molecular complexity index is 496. The second-order valence-electron chi connectivity index (χ2n) is 8.69. The molecule has 0 amide bonds. The number of rotatable bonds is 6. The van der Waals surface area contributed by atoms with Gasteiger partial charge < -0.3 is 0 Å². The molecule has 0 aromatic carbocycles. The van der Waals surface area contributed by atoms with Crippen molar-refractivity contribution in [2.24, 2.45) is 16.7 Å². The molecule has 144 valence electrons. The summed E-state index contributed by atoms with van der Waals surface area (Å²) in [5.74, 6) is 6.82. The zero-order valence-corrected chi connectivity index (χ0v) is 17.9. The summed E-state index contributed by atoms with van der Waals surface area (Å²) in [4.78, 5) is 0. The highest BCUT2D eigenvalue weighted by atomic mass is 15.6. The van der Waals surface area contributed by atoms with Crippen molar-refractivity contribution in [1.82, 2.24) is 0 Å². The predicted molar refractivity (Wildman–Crippen MR) is 112 cm³/mol. The Labute approximate surface area is 157 Å². The van der Waals surface area contributed by atoms with Crippen LogP contribution in [0, 0.1) is 10.8 Å². The van der Waals surface area contributed by atoms with Crippen LogP contribution in [0.5, 0.6) is 0 Å². The summed E-state index contributed by atoms with van der Waals surface area (Å²) >= 11 is 0. The number of hydrogen-bond acceptors (Lipinski definition) is 1. The molecule has 2 rings (SSSR count). The van der Waals surface area contributed by atoms with Gasteiger partial charge in [0.2, 0.25) is 0 Å². The predicted octanol–water partition coefficient (Wildman–Crippen LogP) is 6.16. The van der Waals surface area contributed by atoms with Crippen molar-refractivity contribution >= 4 is 0 Å². The van der Waals surface area contributed by atoms with Crippen LogP contribution in [0.3, 0.4) is 0 Å². The smallest absolute Gasteiger partial charge is 0.115 e. The average Bonchev–Trinajstić information content (AvgIpc) is 2.84. The van der Waals surface area contributed by atoms with Gasteiger partial charge in [-0.1, -0.05) is 72.3 Å². The molecule has 0 saturated heterocycles. The van der Waals surface area contributed by atoms with Crippen LogP contribution in [-0.4, -0.2) is 24.2 Å². The van der Waals surface area contributed by atoms with Gasteiger partial charge in [-0.3, -0.25) is 0 Å². The molecule has 2 aliphatic rings. The molecule has 0 aliphatic heterocycles. The van der Waals surface area contributed by atoms with Crippen molar-refractivity contribution in [2.75, 3.05) is 13.6 Å². The largest absolute Gasteiger partial charge is 0.245 e. The first-order valence-corrected chi connectivity index (χ1v) is 10.4. The SMILES string of the molecule is CC.CCC(C1(C)CCCC1(C)C)[N+](C)(N)C/C=C/C1=CCCC=C1. The fraction of sp³-hybridized carbons (Fsp3) is 0.739. The van der Waals surface area contributed by atoms with Gasteiger partial charge in [-0.05, 0) is 49.2 Å². The van der Waals surface area contributed by atoms with Crippen LogP contribution in [0.2, 0.25) is 0 Å². The maximum absolute atomic E-state index is 6.82. The van der Waals surface area contributed by atoms with Gasteiger partial charge in [0, 0.05) is 5.41 Å². The van der Waals surface area contributed by atoms with E-state index >= 15 is 0 Å². The first-order valence-electron chi connectivity index (χ1n) is 10.4. The standard InChI is InChI=1S/C21H37N2.C2H6/c1-6-19(21(4)16-11-15-20(21,2)3)23(5,22)17-10-14-18-12-8-7-9-13-18;1-2/h8,10,12-14,19H,6-7,9,11,15-17,22H2,1-5H3;1-2H3/q+1;/b14-10+;. The summed E-state index contributed by atoms with van der Waals surface area (Å²) in [6.07, 6.45) is 18.8. The second kappa shape index (κ2) is 9.19. The van der Waals surface area contributed by atoms with Gasteiger partial charge in [0.1, 0.15) is 12.6 Å². The molecule has 2 N–H and O–H groups in total. The molecule has 0 radical (unpaired) electrons. The lowest BCUT2D eigenvalue weighted by Crippen LogP contribution is -2.65. The molecule has 0 spiro atoms. The number of nitrogens with zero attached hydrogens (tertiary/aromatic N) is 1. The summed E-state index contributed by atoms with van der Waals surface area (Å²) in [5.41, 5.74) is 2.03. The van der Waals surface area contributed by atoms with E-state index in [9.17, 15) is 0 Å². The number of hydrogen-bond donors (Lipinski definition) is 1. The zero-order chi connectivity index (χ0) is 19.1. The summed E-state index contributed by atoms with van der Waals surface area (Å²) in [6.45, 7) is 14.6. The summed E-state index contributed by atoms with van der Waals surface area (Å²) in [5, 5.41) is 0. The Hall–Kier alpha value is -0.860. The third-order valence-corrected chi connectivity index (χ3v) is 6.71. The maximum Gasteiger partial charge on any atom is 0.115 e. The van der Waals surface area contributed by atoms with Gasteiger partial charge in [0.25, 0.3) is 0 Å². The van der Waals surface area contributed by atoms with E-state index in [2.05, 4.69) is 65.1 Å². The number of likely N-dealkylation sites (N-methyl/N-ethyl adjacent to an activating group) is 1. The van der Waals surface area contributed by atoms with Crippen molar-refractivity contribution in [3.8, 4) is 0 Å². The Morgan fingerprint density at radius 1 is 1.20 bits per heavy atom. The molecule has 1 saturated carbocycles. The molecule has 3 unspecified atom stereocenters. The van der Waals surface area contributed by atoms with Crippen LogP contribution in [0.25, 0.3) is 0 Å². The molecule has 3 atom stereocenters. The van der Waals surface area contributed by atoms with E-state index in [0.29, 0.717) is 21.5 Å². The maximum atomic E-state index is 6.82. The third-order valence-electron chi connectivity index (χ3n) is 6.71. The molecule has 2 aliphatic carbocycles. The molecular formula is C23H43N2+. The molecule has 25 heavy (non-hydrogen) atoms. The van der Waals surface area contributed by atoms with E-state index in [1.807, 2.05) is 13.8 Å². The molecule has 0 aromatic heterocycles. The molecule has 0 heterocycles. The summed E-state index contributed by atoms with van der Waals surface area (Å²) in [6, 6.07) is 0.500. The third kappa shape index (κ3) is 5.08. The van der Waals surface area contributed by atoms with Crippen LogP contribution in [0.1, 0.15) is 80.1 Å². The van der Waals surface area contributed by atoms with E-state index in [0.717, 1.165) is 19.4 Å². The number of nitrogens with two attached hydrogens (primary N) is 1. The fourth-order valence-corrected chi connectivity index (χ4v) is 4.96. The quantitative estimate of drug-likeness (QED) is 0.347. The van der Waals surface area contributed by atoms with Crippen molar-refractivity contribution in [3.05, 3.63) is 36.0 Å². The van der Waals surface area contributed by atoms with Crippen LogP contribution in [0.15, 0.2) is 36.0 Å². The summed E-state index contributed by atoms with van der Waals surface area (Å²) < 4.78 is 0.601. The Kier molecular flexibility index (Phi) is 8.15. The second-order valence-corrected chi connectivity index (χ2v) is 8.69. The highest BCUT2D eigenvalue weighted by Gasteiger charge is 2.55. The highest BCUT2D eigenvalue weighted by molar-refractivity contribution is 5.32. The molecule has 2 heteroatoms. The van der Waals surface area contributed by atoms with Crippen molar-refractivity contribution in [2.45, 2.75) is 86.1 Å². The Morgan fingerprint density at radius 2 is 1.88 bits per heavy atom. The Balaban J connectivity index is 0.00000151. The van der Waals surface area contributed by atoms with E-state index in [1.165, 1.54) is 31.3 Å². The topological polar surface area (TPSA) is 26.0 Å². The summed E-state index contributed by atoms with van der Waals surface area (Å²) in [7, 11) is 2.21. The zero-order valence-electron chi connectivity index (χ0n) is 17.9. The van der Waals surface area contributed by atoms with Gasteiger partial charge >= 0.3 is 0 Å². The normalized spacial score (nSPS) is 28.9. The van der Waals surface area contributed by atoms with E-state index in [-0.39, 0.29) is 0 Å². The van der Waals surface area contributed by atoms with Gasteiger partial charge in [-0.15, -0.1) is 0 Å². The number of quaternary nitrogens is 1. The lowest BCUT2D eigenvalue weighted by molar-refractivity contribution is -0.948. The van der Waals surface area contributed by atoms with E-state index < -0.39 is 0 Å². The lowest BCUT2D eigenvalue weighted by Gasteiger charge is -2.50. The monoisotopic (exact) mass is 347 g/mol. The molecular weight excluding hydrogens is 304 g/mol. The minimum atomic E-state index is 0.323. The Morgan fingerprint density at radius 3 is 2.36 bits per heavy atom. The van der Waals surface area contributed by atoms with Gasteiger partial charge in [-0.2, -0.15) is 5.84 Å². The van der Waals surface area contributed by atoms with Crippen molar-refractivity contribution < 1.29 is 4.59 Å². The number of allylic oxidation sites excluding steroid dienone is 5. The lowest BCUT2D eigenvalue weighted by atomic mass is 9.63. The van der Waals surface area contributed by atoms with Gasteiger partial charge in [-0.25, -0.2) is 4.59 Å². The molecule has 0 aromatic rings.